The number of nitriles is 1. The maximum atomic E-state index is 12.4. The lowest BCUT2D eigenvalue weighted by atomic mass is 10.1. The number of benzene rings is 2. The molecule has 21 heavy (non-hydrogen) atoms. The second kappa shape index (κ2) is 5.55. The fourth-order valence-electron chi connectivity index (χ4n) is 2.13. The first-order valence-electron chi connectivity index (χ1n) is 6.48. The van der Waals surface area contributed by atoms with Gasteiger partial charge < -0.3 is 14.8 Å². The van der Waals surface area contributed by atoms with Crippen LogP contribution in [0.25, 0.3) is 0 Å². The standard InChI is InChI=1S/C16H12N2O3/c17-10-11-4-1-2-6-13(11)18-16(19)12-5-3-7-14-15(12)21-9-8-20-14/h1-7H,8-9H2,(H,18,19). The van der Waals surface area contributed by atoms with Crippen molar-refractivity contribution < 1.29 is 14.3 Å². The molecule has 2 aromatic rings. The second-order valence-corrected chi connectivity index (χ2v) is 4.44. The highest BCUT2D eigenvalue weighted by atomic mass is 16.6. The van der Waals surface area contributed by atoms with Crippen molar-refractivity contribution in [1.82, 2.24) is 0 Å². The Morgan fingerprint density at radius 2 is 1.90 bits per heavy atom. The number of carbonyl (C=O) groups is 1. The van der Waals surface area contributed by atoms with Crippen molar-refractivity contribution in [2.24, 2.45) is 0 Å². The minimum Gasteiger partial charge on any atom is -0.486 e. The van der Waals surface area contributed by atoms with Crippen molar-refractivity contribution in [1.29, 1.82) is 5.26 Å². The van der Waals surface area contributed by atoms with E-state index in [9.17, 15) is 4.79 Å². The summed E-state index contributed by atoms with van der Waals surface area (Å²) in [5.74, 6) is 0.665. The van der Waals surface area contributed by atoms with Crippen LogP contribution >= 0.6 is 0 Å². The fraction of sp³-hybridized carbons (Fsp3) is 0.125. The normalized spacial score (nSPS) is 12.3. The van der Waals surface area contributed by atoms with Crippen molar-refractivity contribution in [2.75, 3.05) is 18.5 Å². The summed E-state index contributed by atoms with van der Waals surface area (Å²) >= 11 is 0. The van der Waals surface area contributed by atoms with E-state index in [0.29, 0.717) is 41.5 Å². The van der Waals surface area contributed by atoms with Crippen LogP contribution in [0.5, 0.6) is 11.5 Å². The van der Waals surface area contributed by atoms with Crippen LogP contribution in [0.2, 0.25) is 0 Å². The number of para-hydroxylation sites is 2. The Balaban J connectivity index is 1.91. The van der Waals surface area contributed by atoms with Crippen molar-refractivity contribution >= 4 is 11.6 Å². The van der Waals surface area contributed by atoms with Gasteiger partial charge in [-0.25, -0.2) is 0 Å². The predicted octanol–water partition coefficient (Wildman–Crippen LogP) is 2.58. The van der Waals surface area contributed by atoms with E-state index < -0.39 is 0 Å². The summed E-state index contributed by atoms with van der Waals surface area (Å²) in [5.41, 5.74) is 1.27. The molecule has 5 heteroatoms. The Bertz CT molecular complexity index is 735. The Morgan fingerprint density at radius 3 is 2.76 bits per heavy atom. The number of hydrogen-bond donors (Lipinski definition) is 1. The molecule has 1 N–H and O–H groups in total. The average Bonchev–Trinajstić information content (AvgIpc) is 2.54. The maximum absolute atomic E-state index is 12.4. The van der Waals surface area contributed by atoms with Gasteiger partial charge in [0, 0.05) is 0 Å². The lowest BCUT2D eigenvalue weighted by Crippen LogP contribution is -2.20. The van der Waals surface area contributed by atoms with Crippen LogP contribution in [0.3, 0.4) is 0 Å². The average molecular weight is 280 g/mol. The number of anilines is 1. The van der Waals surface area contributed by atoms with Gasteiger partial charge in [-0.15, -0.1) is 0 Å². The summed E-state index contributed by atoms with van der Waals surface area (Å²) in [7, 11) is 0. The molecule has 0 atom stereocenters. The van der Waals surface area contributed by atoms with Crippen molar-refractivity contribution in [2.45, 2.75) is 0 Å². The maximum Gasteiger partial charge on any atom is 0.259 e. The highest BCUT2D eigenvalue weighted by molar-refractivity contribution is 6.07. The van der Waals surface area contributed by atoms with Gasteiger partial charge in [0.25, 0.3) is 5.91 Å². The van der Waals surface area contributed by atoms with Gasteiger partial charge in [0.05, 0.1) is 16.8 Å². The molecule has 0 radical (unpaired) electrons. The van der Waals surface area contributed by atoms with Crippen LogP contribution in [0, 0.1) is 11.3 Å². The predicted molar refractivity (Wildman–Crippen MR) is 76.5 cm³/mol. The van der Waals surface area contributed by atoms with E-state index in [1.54, 1.807) is 42.5 Å². The molecule has 1 heterocycles. The zero-order chi connectivity index (χ0) is 14.7. The third-order valence-corrected chi connectivity index (χ3v) is 3.11. The SMILES string of the molecule is N#Cc1ccccc1NC(=O)c1cccc2c1OCCO2. The minimum atomic E-state index is -0.333. The fourth-order valence-corrected chi connectivity index (χ4v) is 2.13. The van der Waals surface area contributed by atoms with Crippen molar-refractivity contribution in [3.8, 4) is 17.6 Å². The number of hydrogen-bond acceptors (Lipinski definition) is 4. The molecule has 3 rings (SSSR count). The van der Waals surface area contributed by atoms with Crippen LogP contribution in [0.15, 0.2) is 42.5 Å². The molecular formula is C16H12N2O3. The minimum absolute atomic E-state index is 0.333. The summed E-state index contributed by atoms with van der Waals surface area (Å²) in [6.45, 7) is 0.876. The van der Waals surface area contributed by atoms with E-state index in [4.69, 9.17) is 14.7 Å². The molecule has 0 bridgehead atoms. The summed E-state index contributed by atoms with van der Waals surface area (Å²) < 4.78 is 11.0. The zero-order valence-electron chi connectivity index (χ0n) is 11.1. The number of nitrogens with zero attached hydrogens (tertiary/aromatic N) is 1. The van der Waals surface area contributed by atoms with E-state index in [2.05, 4.69) is 5.32 Å². The first-order chi connectivity index (χ1) is 10.3. The van der Waals surface area contributed by atoms with E-state index >= 15 is 0 Å². The summed E-state index contributed by atoms with van der Waals surface area (Å²) in [6, 6.07) is 14.0. The zero-order valence-corrected chi connectivity index (χ0v) is 11.1. The summed E-state index contributed by atoms with van der Waals surface area (Å²) in [4.78, 5) is 12.4. The number of fused-ring (bicyclic) bond motifs is 1. The van der Waals surface area contributed by atoms with Crippen molar-refractivity contribution in [3.05, 3.63) is 53.6 Å². The van der Waals surface area contributed by atoms with Gasteiger partial charge in [0.1, 0.15) is 19.3 Å². The Kier molecular flexibility index (Phi) is 3.44. The largest absolute Gasteiger partial charge is 0.486 e. The van der Waals surface area contributed by atoms with Crippen molar-refractivity contribution in [3.63, 3.8) is 0 Å². The molecule has 5 nitrogen and oxygen atoms in total. The summed E-state index contributed by atoms with van der Waals surface area (Å²) in [5, 5.41) is 11.8. The van der Waals surface area contributed by atoms with Crippen LogP contribution in [0.4, 0.5) is 5.69 Å². The van der Waals surface area contributed by atoms with Crippen LogP contribution in [0.1, 0.15) is 15.9 Å². The Hall–Kier alpha value is -3.00. The first kappa shape index (κ1) is 13.0. The number of amides is 1. The monoisotopic (exact) mass is 280 g/mol. The quantitative estimate of drug-likeness (QED) is 0.917. The first-order valence-corrected chi connectivity index (χ1v) is 6.48. The number of ether oxygens (including phenoxy) is 2. The summed E-state index contributed by atoms with van der Waals surface area (Å²) in [6.07, 6.45) is 0. The van der Waals surface area contributed by atoms with Gasteiger partial charge >= 0.3 is 0 Å². The van der Waals surface area contributed by atoms with Gasteiger partial charge in [0.2, 0.25) is 0 Å². The second-order valence-electron chi connectivity index (χ2n) is 4.44. The Labute approximate surface area is 121 Å². The topological polar surface area (TPSA) is 71.4 Å². The number of nitrogens with one attached hydrogen (secondary N) is 1. The molecule has 1 aliphatic heterocycles. The lowest BCUT2D eigenvalue weighted by Gasteiger charge is -2.20. The lowest BCUT2D eigenvalue weighted by molar-refractivity contribution is 0.101. The molecule has 0 aromatic heterocycles. The smallest absolute Gasteiger partial charge is 0.259 e. The molecule has 0 saturated carbocycles. The molecule has 0 spiro atoms. The van der Waals surface area contributed by atoms with Gasteiger partial charge in [-0.3, -0.25) is 4.79 Å². The molecule has 0 aliphatic carbocycles. The molecule has 1 aliphatic rings. The Morgan fingerprint density at radius 1 is 1.10 bits per heavy atom. The molecule has 0 unspecified atom stereocenters. The molecule has 1 amide bonds. The molecule has 0 fully saturated rings. The van der Waals surface area contributed by atoms with E-state index in [0.717, 1.165) is 0 Å². The third kappa shape index (κ3) is 2.51. The van der Waals surface area contributed by atoms with Crippen LogP contribution in [-0.4, -0.2) is 19.1 Å². The van der Waals surface area contributed by atoms with Gasteiger partial charge in [-0.2, -0.15) is 5.26 Å². The highest BCUT2D eigenvalue weighted by Crippen LogP contribution is 2.34. The molecule has 0 saturated heterocycles. The van der Waals surface area contributed by atoms with Crippen LogP contribution < -0.4 is 14.8 Å². The van der Waals surface area contributed by atoms with E-state index in [-0.39, 0.29) is 5.91 Å². The van der Waals surface area contributed by atoms with E-state index in [1.165, 1.54) is 0 Å². The highest BCUT2D eigenvalue weighted by Gasteiger charge is 2.20. The molecule has 104 valence electrons. The van der Waals surface area contributed by atoms with Crippen LogP contribution in [-0.2, 0) is 0 Å². The van der Waals surface area contributed by atoms with Gasteiger partial charge in [-0.05, 0) is 24.3 Å². The number of carbonyl (C=O) groups excluding carboxylic acids is 1. The molecular weight excluding hydrogens is 268 g/mol. The number of rotatable bonds is 2. The third-order valence-electron chi connectivity index (χ3n) is 3.11. The van der Waals surface area contributed by atoms with Gasteiger partial charge in [0.15, 0.2) is 11.5 Å². The van der Waals surface area contributed by atoms with E-state index in [1.807, 2.05) is 6.07 Å². The van der Waals surface area contributed by atoms with Gasteiger partial charge in [-0.1, -0.05) is 18.2 Å². The molecule has 2 aromatic carbocycles.